The van der Waals surface area contributed by atoms with E-state index in [4.69, 9.17) is 14.0 Å². The fourth-order valence-electron chi connectivity index (χ4n) is 2.98. The zero-order valence-electron chi connectivity index (χ0n) is 17.3. The molecule has 158 valence electrons. The number of carbonyl (C=O) groups is 1. The van der Waals surface area contributed by atoms with Crippen molar-refractivity contribution >= 4 is 22.4 Å². The quantitative estimate of drug-likeness (QED) is 0.426. The maximum absolute atomic E-state index is 12.6. The van der Waals surface area contributed by atoms with Crippen LogP contribution in [0.15, 0.2) is 58.4 Å². The molecular formula is C23H21N3O4S. The van der Waals surface area contributed by atoms with Crippen LogP contribution in [0.5, 0.6) is 11.5 Å². The zero-order chi connectivity index (χ0) is 21.8. The normalized spacial score (nSPS) is 10.7. The number of anilines is 1. The predicted molar refractivity (Wildman–Crippen MR) is 119 cm³/mol. The number of nitrogens with zero attached hydrogens (tertiary/aromatic N) is 2. The minimum Gasteiger partial charge on any atom is -0.497 e. The van der Waals surface area contributed by atoms with E-state index in [2.05, 4.69) is 15.5 Å². The molecule has 2 aromatic heterocycles. The van der Waals surface area contributed by atoms with Gasteiger partial charge in [0, 0.05) is 16.5 Å². The summed E-state index contributed by atoms with van der Waals surface area (Å²) in [7, 11) is 1.62. The van der Waals surface area contributed by atoms with E-state index in [0.717, 1.165) is 34.0 Å². The molecule has 0 bridgehead atoms. The van der Waals surface area contributed by atoms with Crippen molar-refractivity contribution in [3.05, 3.63) is 76.5 Å². The third kappa shape index (κ3) is 4.75. The molecule has 0 radical (unpaired) electrons. The highest BCUT2D eigenvalue weighted by atomic mass is 32.1. The Hall–Kier alpha value is -3.65. The third-order valence-electron chi connectivity index (χ3n) is 4.77. The summed E-state index contributed by atoms with van der Waals surface area (Å²) in [5.74, 6) is 1.92. The van der Waals surface area contributed by atoms with Crippen molar-refractivity contribution in [2.45, 2.75) is 20.5 Å². The number of aromatic nitrogens is 2. The number of carbonyl (C=O) groups excluding carboxylic acids is 1. The lowest BCUT2D eigenvalue weighted by Crippen LogP contribution is -2.11. The highest BCUT2D eigenvalue weighted by molar-refractivity contribution is 7.14. The summed E-state index contributed by atoms with van der Waals surface area (Å²) in [4.78, 5) is 17.1. The van der Waals surface area contributed by atoms with Gasteiger partial charge < -0.3 is 14.0 Å². The summed E-state index contributed by atoms with van der Waals surface area (Å²) in [5, 5.41) is 9.19. The summed E-state index contributed by atoms with van der Waals surface area (Å²) in [6.07, 6.45) is 0. The number of thiazole rings is 1. The number of hydrogen-bond donors (Lipinski definition) is 1. The first-order valence-corrected chi connectivity index (χ1v) is 10.5. The van der Waals surface area contributed by atoms with Crippen LogP contribution >= 0.6 is 11.3 Å². The third-order valence-corrected chi connectivity index (χ3v) is 5.53. The Labute approximate surface area is 183 Å². The van der Waals surface area contributed by atoms with Crippen LogP contribution < -0.4 is 14.8 Å². The van der Waals surface area contributed by atoms with Gasteiger partial charge in [-0.25, -0.2) is 4.98 Å². The van der Waals surface area contributed by atoms with Crippen LogP contribution in [-0.2, 0) is 6.61 Å². The van der Waals surface area contributed by atoms with Gasteiger partial charge in [0.1, 0.15) is 23.9 Å². The SMILES string of the molecule is COc1cccc(-c2csc(NC(=O)c3ccc(OCc4c(C)noc4C)cc3)n2)c1. The molecule has 0 spiro atoms. The van der Waals surface area contributed by atoms with Crippen LogP contribution in [-0.4, -0.2) is 23.2 Å². The van der Waals surface area contributed by atoms with Crippen LogP contribution in [0.1, 0.15) is 27.4 Å². The maximum Gasteiger partial charge on any atom is 0.257 e. The Morgan fingerprint density at radius 2 is 1.94 bits per heavy atom. The minimum absolute atomic E-state index is 0.233. The average Bonchev–Trinajstić information content (AvgIpc) is 3.39. The predicted octanol–water partition coefficient (Wildman–Crippen LogP) is 5.25. The Bertz CT molecular complexity index is 1180. The molecule has 0 saturated carbocycles. The standard InChI is InChI=1S/C23H21N3O4S/c1-14-20(15(2)30-26-14)12-29-18-9-7-16(8-10-18)22(27)25-23-24-21(13-31-23)17-5-4-6-19(11-17)28-3/h4-11,13H,12H2,1-3H3,(H,24,25,27). The van der Waals surface area contributed by atoms with Crippen LogP contribution in [0, 0.1) is 13.8 Å². The van der Waals surface area contributed by atoms with E-state index in [-0.39, 0.29) is 5.91 Å². The van der Waals surface area contributed by atoms with Gasteiger partial charge in [-0.15, -0.1) is 11.3 Å². The number of nitrogens with one attached hydrogen (secondary N) is 1. The highest BCUT2D eigenvalue weighted by Gasteiger charge is 2.12. The number of ether oxygens (including phenoxy) is 2. The van der Waals surface area contributed by atoms with E-state index in [1.54, 1.807) is 31.4 Å². The molecule has 1 N–H and O–H groups in total. The first-order valence-electron chi connectivity index (χ1n) is 9.59. The monoisotopic (exact) mass is 435 g/mol. The molecule has 7 nitrogen and oxygen atoms in total. The second kappa shape index (κ2) is 9.01. The number of rotatable bonds is 7. The number of aryl methyl sites for hydroxylation is 2. The van der Waals surface area contributed by atoms with Crippen molar-refractivity contribution in [3.8, 4) is 22.8 Å². The topological polar surface area (TPSA) is 86.5 Å². The molecule has 31 heavy (non-hydrogen) atoms. The molecule has 0 fully saturated rings. The lowest BCUT2D eigenvalue weighted by atomic mass is 10.2. The van der Waals surface area contributed by atoms with Crippen LogP contribution in [0.2, 0.25) is 0 Å². The maximum atomic E-state index is 12.6. The molecule has 8 heteroatoms. The molecule has 4 rings (SSSR count). The Morgan fingerprint density at radius 1 is 1.13 bits per heavy atom. The van der Waals surface area contributed by atoms with E-state index in [1.807, 2.05) is 43.5 Å². The van der Waals surface area contributed by atoms with Gasteiger partial charge in [-0.2, -0.15) is 0 Å². The van der Waals surface area contributed by atoms with Gasteiger partial charge in [0.25, 0.3) is 5.91 Å². The lowest BCUT2D eigenvalue weighted by Gasteiger charge is -2.07. The van der Waals surface area contributed by atoms with Crippen molar-refractivity contribution in [3.63, 3.8) is 0 Å². The van der Waals surface area contributed by atoms with Gasteiger partial charge in [0.15, 0.2) is 5.13 Å². The van der Waals surface area contributed by atoms with E-state index in [9.17, 15) is 4.79 Å². The van der Waals surface area contributed by atoms with Gasteiger partial charge in [0.2, 0.25) is 0 Å². The van der Waals surface area contributed by atoms with Crippen LogP contribution in [0.3, 0.4) is 0 Å². The van der Waals surface area contributed by atoms with Gasteiger partial charge in [-0.1, -0.05) is 17.3 Å². The van der Waals surface area contributed by atoms with Gasteiger partial charge >= 0.3 is 0 Å². The molecule has 4 aromatic rings. The summed E-state index contributed by atoms with van der Waals surface area (Å²) < 4.78 is 16.2. The van der Waals surface area contributed by atoms with Crippen molar-refractivity contribution in [2.75, 3.05) is 12.4 Å². The number of amides is 1. The highest BCUT2D eigenvalue weighted by Crippen LogP contribution is 2.28. The largest absolute Gasteiger partial charge is 0.497 e. The van der Waals surface area contributed by atoms with E-state index >= 15 is 0 Å². The second-order valence-corrected chi connectivity index (χ2v) is 7.70. The Balaban J connectivity index is 1.38. The summed E-state index contributed by atoms with van der Waals surface area (Å²) in [6, 6.07) is 14.6. The van der Waals surface area contributed by atoms with Crippen LogP contribution in [0.4, 0.5) is 5.13 Å². The average molecular weight is 436 g/mol. The fraction of sp³-hybridized carbons (Fsp3) is 0.174. The number of methoxy groups -OCH3 is 1. The summed E-state index contributed by atoms with van der Waals surface area (Å²) in [5.41, 5.74) is 3.96. The molecule has 0 aliphatic rings. The first kappa shape index (κ1) is 20.6. The molecule has 0 aliphatic heterocycles. The molecule has 2 aromatic carbocycles. The van der Waals surface area contributed by atoms with E-state index in [1.165, 1.54) is 11.3 Å². The molecule has 0 unspecified atom stereocenters. The van der Waals surface area contributed by atoms with Crippen molar-refractivity contribution < 1.29 is 18.8 Å². The Morgan fingerprint density at radius 3 is 2.65 bits per heavy atom. The second-order valence-electron chi connectivity index (χ2n) is 6.84. The fourth-order valence-corrected chi connectivity index (χ4v) is 3.70. The molecule has 0 atom stereocenters. The molecule has 0 aliphatic carbocycles. The van der Waals surface area contributed by atoms with Crippen molar-refractivity contribution in [1.82, 2.24) is 10.1 Å². The summed E-state index contributed by atoms with van der Waals surface area (Å²) in [6.45, 7) is 4.09. The van der Waals surface area contributed by atoms with E-state index in [0.29, 0.717) is 23.1 Å². The lowest BCUT2D eigenvalue weighted by molar-refractivity contribution is 0.102. The molecule has 0 saturated heterocycles. The summed E-state index contributed by atoms with van der Waals surface area (Å²) >= 11 is 1.37. The van der Waals surface area contributed by atoms with Crippen LogP contribution in [0.25, 0.3) is 11.3 Å². The molecule has 2 heterocycles. The first-order chi connectivity index (χ1) is 15.0. The van der Waals surface area contributed by atoms with Gasteiger partial charge in [-0.3, -0.25) is 10.1 Å². The number of benzene rings is 2. The smallest absolute Gasteiger partial charge is 0.257 e. The van der Waals surface area contributed by atoms with Gasteiger partial charge in [-0.05, 0) is 50.2 Å². The van der Waals surface area contributed by atoms with Crippen molar-refractivity contribution in [2.24, 2.45) is 0 Å². The Kier molecular flexibility index (Phi) is 5.99. The zero-order valence-corrected chi connectivity index (χ0v) is 18.2. The van der Waals surface area contributed by atoms with Gasteiger partial charge in [0.05, 0.1) is 24.1 Å². The number of hydrogen-bond acceptors (Lipinski definition) is 7. The minimum atomic E-state index is -0.233. The van der Waals surface area contributed by atoms with E-state index < -0.39 is 0 Å². The molecule has 1 amide bonds. The molecular weight excluding hydrogens is 414 g/mol. The van der Waals surface area contributed by atoms with Crippen molar-refractivity contribution in [1.29, 1.82) is 0 Å².